The lowest BCUT2D eigenvalue weighted by Gasteiger charge is -2.20. The van der Waals surface area contributed by atoms with Gasteiger partial charge in [-0.05, 0) is 18.2 Å². The molecule has 14 heteroatoms. The summed E-state index contributed by atoms with van der Waals surface area (Å²) in [4.78, 5) is 21.3. The maximum atomic E-state index is 11.9. The van der Waals surface area contributed by atoms with Crippen LogP contribution in [-0.4, -0.2) is 77.0 Å². The molecule has 0 bridgehead atoms. The van der Waals surface area contributed by atoms with Gasteiger partial charge in [0.1, 0.15) is 23.1 Å². The molecule has 220 valence electrons. The Morgan fingerprint density at radius 1 is 1.15 bits per heavy atom. The molecule has 41 heavy (non-hydrogen) atoms. The SMILES string of the molecule is C=CC(=O)C[C@H]1COC[C@H]1Nc1cc2c(NCCNS(C)(=O)=O)nc(-c3c(Cl)c(OC)cc(OC)c3Cl)cc2cn1. The molecule has 0 radical (unpaired) electrons. The number of carbonyl (C=O) groups excluding carboxylic acids is 1. The minimum Gasteiger partial charge on any atom is -0.495 e. The van der Waals surface area contributed by atoms with Crippen molar-refractivity contribution in [2.75, 3.05) is 57.4 Å². The number of ketones is 1. The Bertz CT molecular complexity index is 1540. The number of allylic oxidation sites excluding steroid dienone is 1. The Morgan fingerprint density at radius 2 is 1.85 bits per heavy atom. The molecule has 3 aromatic rings. The molecule has 1 fully saturated rings. The van der Waals surface area contributed by atoms with E-state index in [1.54, 1.807) is 18.3 Å². The van der Waals surface area contributed by atoms with Crippen molar-refractivity contribution in [3.63, 3.8) is 0 Å². The first kappa shape index (κ1) is 30.8. The van der Waals surface area contributed by atoms with E-state index in [1.165, 1.54) is 20.3 Å². The van der Waals surface area contributed by atoms with Crippen LogP contribution in [0.15, 0.2) is 37.1 Å². The number of methoxy groups -OCH3 is 2. The van der Waals surface area contributed by atoms with Crippen molar-refractivity contribution in [2.45, 2.75) is 12.5 Å². The van der Waals surface area contributed by atoms with Crippen molar-refractivity contribution in [2.24, 2.45) is 5.92 Å². The average Bonchev–Trinajstić information content (AvgIpc) is 3.36. The quantitative estimate of drug-likeness (QED) is 0.188. The van der Waals surface area contributed by atoms with Crippen LogP contribution >= 0.6 is 23.2 Å². The first-order chi connectivity index (χ1) is 19.5. The van der Waals surface area contributed by atoms with Gasteiger partial charge in [0, 0.05) is 54.0 Å². The van der Waals surface area contributed by atoms with Crippen LogP contribution in [0.25, 0.3) is 22.0 Å². The molecule has 3 heterocycles. The predicted octanol–water partition coefficient (Wildman–Crippen LogP) is 4.15. The molecule has 11 nitrogen and oxygen atoms in total. The molecule has 2 aromatic heterocycles. The normalized spacial score (nSPS) is 16.9. The summed E-state index contributed by atoms with van der Waals surface area (Å²) in [7, 11) is -0.399. The third-order valence-electron chi connectivity index (χ3n) is 6.55. The number of ether oxygens (including phenoxy) is 3. The number of fused-ring (bicyclic) bond motifs is 1. The second-order valence-corrected chi connectivity index (χ2v) is 12.0. The van der Waals surface area contributed by atoms with Crippen LogP contribution in [0.3, 0.4) is 0 Å². The zero-order valence-electron chi connectivity index (χ0n) is 22.8. The smallest absolute Gasteiger partial charge is 0.208 e. The Morgan fingerprint density at radius 3 is 2.49 bits per heavy atom. The number of benzene rings is 1. The number of nitrogens with one attached hydrogen (secondary N) is 3. The molecule has 0 saturated carbocycles. The summed E-state index contributed by atoms with van der Waals surface area (Å²) in [5.74, 6) is 1.67. The maximum Gasteiger partial charge on any atom is 0.208 e. The molecule has 0 amide bonds. The molecule has 0 aliphatic carbocycles. The lowest BCUT2D eigenvalue weighted by molar-refractivity contribution is -0.115. The molecule has 1 aliphatic rings. The standard InChI is InChI=1S/C27H31Cl2N5O6S/c1-5-17(35)8-16-13-40-14-20(16)33-23-10-18-15(12-31-23)9-19(34-27(18)30-6-7-32-41(4,36)37)24-25(28)21(38-2)11-22(39-3)26(24)29/h5,9-12,16,20,32H,1,6-8,13-14H2,2-4H3,(H,30,34)(H,31,33)/t16-,20+/m0/s1. The number of halogens is 2. The summed E-state index contributed by atoms with van der Waals surface area (Å²) in [6, 6.07) is 5.10. The van der Waals surface area contributed by atoms with E-state index < -0.39 is 10.0 Å². The molecule has 0 spiro atoms. The zero-order chi connectivity index (χ0) is 29.7. The van der Waals surface area contributed by atoms with Gasteiger partial charge in [-0.25, -0.2) is 23.1 Å². The fourth-order valence-electron chi connectivity index (χ4n) is 4.51. The predicted molar refractivity (Wildman–Crippen MR) is 161 cm³/mol. The first-order valence-corrected chi connectivity index (χ1v) is 15.3. The van der Waals surface area contributed by atoms with Crippen molar-refractivity contribution in [3.05, 3.63) is 47.1 Å². The van der Waals surface area contributed by atoms with Gasteiger partial charge in [0.05, 0.1) is 55.5 Å². The van der Waals surface area contributed by atoms with E-state index in [1.807, 2.05) is 6.07 Å². The fraction of sp³-hybridized carbons (Fsp3) is 0.370. The minimum atomic E-state index is -3.37. The van der Waals surface area contributed by atoms with E-state index in [0.717, 1.165) is 6.26 Å². The number of pyridine rings is 2. The van der Waals surface area contributed by atoms with Crippen LogP contribution < -0.4 is 24.8 Å². The van der Waals surface area contributed by atoms with Gasteiger partial charge in [-0.1, -0.05) is 29.8 Å². The van der Waals surface area contributed by atoms with Crippen molar-refractivity contribution >= 4 is 61.4 Å². The first-order valence-electron chi connectivity index (χ1n) is 12.6. The second kappa shape index (κ2) is 13.2. The van der Waals surface area contributed by atoms with Gasteiger partial charge in [-0.2, -0.15) is 0 Å². The Labute approximate surface area is 248 Å². The van der Waals surface area contributed by atoms with Gasteiger partial charge in [0.2, 0.25) is 10.0 Å². The number of nitrogens with zero attached hydrogens (tertiary/aromatic N) is 2. The summed E-state index contributed by atoms with van der Waals surface area (Å²) in [6.45, 7) is 4.83. The summed E-state index contributed by atoms with van der Waals surface area (Å²) in [5.41, 5.74) is 0.835. The van der Waals surface area contributed by atoms with Crippen molar-refractivity contribution in [1.82, 2.24) is 14.7 Å². The monoisotopic (exact) mass is 623 g/mol. The molecule has 2 atom stereocenters. The number of sulfonamides is 1. The van der Waals surface area contributed by atoms with Crippen molar-refractivity contribution in [3.8, 4) is 22.8 Å². The van der Waals surface area contributed by atoms with Crippen LogP contribution in [0, 0.1) is 5.92 Å². The molecule has 1 saturated heterocycles. The summed E-state index contributed by atoms with van der Waals surface area (Å²) in [6.07, 6.45) is 4.42. The second-order valence-electron chi connectivity index (χ2n) is 9.45. The van der Waals surface area contributed by atoms with Crippen LogP contribution in [0.4, 0.5) is 11.6 Å². The highest BCUT2D eigenvalue weighted by molar-refractivity contribution is 7.88. The molecule has 4 rings (SSSR count). The topological polar surface area (TPSA) is 141 Å². The minimum absolute atomic E-state index is 0.0227. The van der Waals surface area contributed by atoms with E-state index in [2.05, 4.69) is 26.9 Å². The van der Waals surface area contributed by atoms with E-state index in [9.17, 15) is 13.2 Å². The van der Waals surface area contributed by atoms with E-state index >= 15 is 0 Å². The number of hydrogen-bond acceptors (Lipinski definition) is 10. The lowest BCUT2D eigenvalue weighted by Crippen LogP contribution is -2.29. The highest BCUT2D eigenvalue weighted by atomic mass is 35.5. The number of aromatic nitrogens is 2. The number of anilines is 2. The number of carbonyl (C=O) groups is 1. The third-order valence-corrected chi connectivity index (χ3v) is 8.03. The van der Waals surface area contributed by atoms with Gasteiger partial charge >= 0.3 is 0 Å². The molecule has 1 aliphatic heterocycles. The number of rotatable bonds is 13. The van der Waals surface area contributed by atoms with Gasteiger partial charge in [-0.3, -0.25) is 4.79 Å². The summed E-state index contributed by atoms with van der Waals surface area (Å²) >= 11 is 13.3. The summed E-state index contributed by atoms with van der Waals surface area (Å²) < 4.78 is 42.0. The fourth-order valence-corrected chi connectivity index (χ4v) is 5.67. The zero-order valence-corrected chi connectivity index (χ0v) is 25.1. The van der Waals surface area contributed by atoms with Crippen molar-refractivity contribution in [1.29, 1.82) is 0 Å². The van der Waals surface area contributed by atoms with Gasteiger partial charge < -0.3 is 24.8 Å². The van der Waals surface area contributed by atoms with E-state index in [-0.39, 0.29) is 40.9 Å². The highest BCUT2D eigenvalue weighted by Crippen LogP contribution is 2.46. The molecule has 1 aromatic carbocycles. The molecule has 3 N–H and O–H groups in total. The van der Waals surface area contributed by atoms with Gasteiger partial charge in [0.25, 0.3) is 0 Å². The van der Waals surface area contributed by atoms with Crippen LogP contribution in [0.2, 0.25) is 10.0 Å². The van der Waals surface area contributed by atoms with Gasteiger partial charge in [0.15, 0.2) is 5.78 Å². The van der Waals surface area contributed by atoms with Crippen LogP contribution in [-0.2, 0) is 19.6 Å². The average molecular weight is 625 g/mol. The van der Waals surface area contributed by atoms with E-state index in [4.69, 9.17) is 42.4 Å². The Hall–Kier alpha value is -3.16. The Balaban J connectivity index is 1.75. The lowest BCUT2D eigenvalue weighted by atomic mass is 9.97. The highest BCUT2D eigenvalue weighted by Gasteiger charge is 2.30. The van der Waals surface area contributed by atoms with Crippen LogP contribution in [0.5, 0.6) is 11.5 Å². The Kier molecular flexibility index (Phi) is 9.92. The maximum absolute atomic E-state index is 11.9. The largest absolute Gasteiger partial charge is 0.495 e. The molecule has 0 unspecified atom stereocenters. The third kappa shape index (κ3) is 7.38. The number of hydrogen-bond donors (Lipinski definition) is 3. The summed E-state index contributed by atoms with van der Waals surface area (Å²) in [5, 5.41) is 8.52. The molecular formula is C27H31Cl2N5O6S. The van der Waals surface area contributed by atoms with Crippen molar-refractivity contribution < 1.29 is 27.4 Å². The molecular weight excluding hydrogens is 593 g/mol. The van der Waals surface area contributed by atoms with E-state index in [0.29, 0.717) is 64.8 Å². The van der Waals surface area contributed by atoms with Crippen LogP contribution in [0.1, 0.15) is 6.42 Å². The van der Waals surface area contributed by atoms with Gasteiger partial charge in [-0.15, -0.1) is 0 Å².